The van der Waals surface area contributed by atoms with Crippen molar-refractivity contribution in [2.45, 2.75) is 12.7 Å². The Morgan fingerprint density at radius 3 is 3.00 bits per heavy atom. The number of methoxy groups -OCH3 is 1. The number of carbonyl (C=O) groups excluding carboxylic acids is 2. The summed E-state index contributed by atoms with van der Waals surface area (Å²) in [5, 5.41) is 12.2. The van der Waals surface area contributed by atoms with Gasteiger partial charge in [0, 0.05) is 18.3 Å². The summed E-state index contributed by atoms with van der Waals surface area (Å²) < 4.78 is 23.3. The van der Waals surface area contributed by atoms with Crippen LogP contribution in [-0.4, -0.2) is 44.0 Å². The molecule has 114 valence electrons. The number of aliphatic hydroxyl groups excluding tert-OH is 1. The van der Waals surface area contributed by atoms with Gasteiger partial charge in [0.25, 0.3) is 0 Å². The Balaban J connectivity index is 2.15. The van der Waals surface area contributed by atoms with Crippen LogP contribution in [-0.2, 0) is 20.9 Å². The molecule has 1 atom stereocenters. The number of hydrogen-bond acceptors (Lipinski definition) is 6. The fourth-order valence-corrected chi connectivity index (χ4v) is 2.01. The summed E-state index contributed by atoms with van der Waals surface area (Å²) in [6.45, 7) is -0.162. The van der Waals surface area contributed by atoms with Gasteiger partial charge in [0.15, 0.2) is 6.10 Å². The molecule has 2 rings (SSSR count). The lowest BCUT2D eigenvalue weighted by atomic mass is 10.1. The Hall–Kier alpha value is -2.35. The summed E-state index contributed by atoms with van der Waals surface area (Å²) in [7, 11) is 2.58. The zero-order chi connectivity index (χ0) is 15.6. The van der Waals surface area contributed by atoms with E-state index in [1.165, 1.54) is 13.1 Å². The van der Waals surface area contributed by atoms with E-state index in [0.717, 1.165) is 12.0 Å². The molecule has 1 unspecified atom stereocenters. The highest BCUT2D eigenvalue weighted by Gasteiger charge is 2.26. The summed E-state index contributed by atoms with van der Waals surface area (Å²) >= 11 is 0. The van der Waals surface area contributed by atoms with E-state index < -0.39 is 24.0 Å². The number of carbonyl (C=O) groups is 2. The third-order valence-electron chi connectivity index (χ3n) is 3.08. The lowest BCUT2D eigenvalue weighted by molar-refractivity contribution is -0.149. The number of anilines is 2. The molecule has 1 aromatic carbocycles. The highest BCUT2D eigenvalue weighted by molar-refractivity contribution is 5.90. The first-order valence-corrected chi connectivity index (χ1v) is 6.16. The quantitative estimate of drug-likeness (QED) is 0.802. The predicted octanol–water partition coefficient (Wildman–Crippen LogP) is 0.858. The first-order valence-electron chi connectivity index (χ1n) is 6.16. The van der Waals surface area contributed by atoms with Gasteiger partial charge in [-0.25, -0.2) is 14.0 Å². The van der Waals surface area contributed by atoms with Crippen molar-refractivity contribution < 1.29 is 28.6 Å². The van der Waals surface area contributed by atoms with Crippen LogP contribution in [0.4, 0.5) is 20.6 Å². The molecule has 2 N–H and O–H groups in total. The molecule has 7 nitrogen and oxygen atoms in total. The van der Waals surface area contributed by atoms with E-state index in [0.29, 0.717) is 11.3 Å². The highest BCUT2D eigenvalue weighted by atomic mass is 19.1. The van der Waals surface area contributed by atoms with Gasteiger partial charge in [0.05, 0.1) is 19.3 Å². The molecule has 0 saturated heterocycles. The molecule has 0 aliphatic carbocycles. The van der Waals surface area contributed by atoms with Crippen molar-refractivity contribution in [3.8, 4) is 0 Å². The first kappa shape index (κ1) is 15.0. The number of benzene rings is 1. The van der Waals surface area contributed by atoms with Crippen LogP contribution in [0.5, 0.6) is 0 Å². The third-order valence-corrected chi connectivity index (χ3v) is 3.08. The second-order valence-corrected chi connectivity index (χ2v) is 4.50. The average molecular weight is 298 g/mol. The number of hydrogen-bond donors (Lipinski definition) is 2. The van der Waals surface area contributed by atoms with Gasteiger partial charge in [-0.15, -0.1) is 0 Å². The zero-order valence-corrected chi connectivity index (χ0v) is 11.6. The Labute approximate surface area is 120 Å². The van der Waals surface area contributed by atoms with Gasteiger partial charge < -0.3 is 19.9 Å². The number of nitrogens with zero attached hydrogens (tertiary/aromatic N) is 1. The first-order chi connectivity index (χ1) is 9.93. The van der Waals surface area contributed by atoms with Crippen LogP contribution in [0.25, 0.3) is 0 Å². The maximum Gasteiger partial charge on any atom is 0.414 e. The van der Waals surface area contributed by atoms with Gasteiger partial charge in [-0.1, -0.05) is 0 Å². The number of aliphatic hydroxyl groups is 1. The van der Waals surface area contributed by atoms with Crippen LogP contribution in [0.2, 0.25) is 0 Å². The van der Waals surface area contributed by atoms with E-state index in [1.54, 1.807) is 6.07 Å². The molecular weight excluding hydrogens is 283 g/mol. The van der Waals surface area contributed by atoms with Gasteiger partial charge >= 0.3 is 12.1 Å². The van der Waals surface area contributed by atoms with Crippen molar-refractivity contribution in [2.24, 2.45) is 0 Å². The van der Waals surface area contributed by atoms with E-state index in [2.05, 4.69) is 10.1 Å². The van der Waals surface area contributed by atoms with E-state index >= 15 is 0 Å². The molecule has 1 aromatic rings. The molecule has 0 radical (unpaired) electrons. The molecular formula is C13H15FN2O5. The van der Waals surface area contributed by atoms with Crippen molar-refractivity contribution in [1.82, 2.24) is 0 Å². The van der Waals surface area contributed by atoms with Gasteiger partial charge in [-0.05, 0) is 12.1 Å². The minimum absolute atomic E-state index is 0.0372. The predicted molar refractivity (Wildman–Crippen MR) is 71.5 cm³/mol. The number of halogens is 1. The molecule has 1 amide bonds. The van der Waals surface area contributed by atoms with Crippen LogP contribution in [0.15, 0.2) is 12.1 Å². The Bertz CT molecular complexity index is 578. The number of esters is 1. The normalized spacial score (nSPS) is 15.0. The zero-order valence-electron chi connectivity index (χ0n) is 11.6. The minimum Gasteiger partial charge on any atom is -0.467 e. The van der Waals surface area contributed by atoms with Crippen molar-refractivity contribution in [3.63, 3.8) is 0 Å². The molecule has 0 aromatic heterocycles. The van der Waals surface area contributed by atoms with Crippen molar-refractivity contribution in [1.29, 1.82) is 0 Å². The summed E-state index contributed by atoms with van der Waals surface area (Å²) in [6, 6.07) is 2.77. The molecule has 0 saturated carbocycles. The molecule has 1 aliphatic rings. The van der Waals surface area contributed by atoms with Crippen LogP contribution < -0.4 is 10.2 Å². The van der Waals surface area contributed by atoms with E-state index in [-0.39, 0.29) is 18.8 Å². The lowest BCUT2D eigenvalue weighted by Crippen LogP contribution is -2.33. The SMILES string of the molecule is COC(=O)C(O)CNc1cc(F)c2c(c1)COC(=O)N2C. The maximum atomic E-state index is 14.1. The Morgan fingerprint density at radius 2 is 2.33 bits per heavy atom. The monoisotopic (exact) mass is 298 g/mol. The van der Waals surface area contributed by atoms with Crippen molar-refractivity contribution >= 4 is 23.4 Å². The van der Waals surface area contributed by atoms with Gasteiger partial charge in [-0.2, -0.15) is 0 Å². The third kappa shape index (κ3) is 3.05. The number of fused-ring (bicyclic) bond motifs is 1. The fraction of sp³-hybridized carbons (Fsp3) is 0.385. The van der Waals surface area contributed by atoms with Gasteiger partial charge in [0.1, 0.15) is 12.4 Å². The molecule has 21 heavy (non-hydrogen) atoms. The highest BCUT2D eigenvalue weighted by Crippen LogP contribution is 2.31. The van der Waals surface area contributed by atoms with E-state index in [4.69, 9.17) is 4.74 Å². The molecule has 8 heteroatoms. The fourth-order valence-electron chi connectivity index (χ4n) is 2.01. The number of cyclic esters (lactones) is 1. The molecule has 1 aliphatic heterocycles. The smallest absolute Gasteiger partial charge is 0.414 e. The number of rotatable bonds is 4. The molecule has 0 spiro atoms. The lowest BCUT2D eigenvalue weighted by Gasteiger charge is -2.26. The molecule has 1 heterocycles. The summed E-state index contributed by atoms with van der Waals surface area (Å²) in [5.74, 6) is -1.38. The van der Waals surface area contributed by atoms with E-state index in [1.807, 2.05) is 0 Å². The largest absolute Gasteiger partial charge is 0.467 e. The minimum atomic E-state index is -1.35. The summed E-state index contributed by atoms with van der Waals surface area (Å²) in [5.41, 5.74) is 1.01. The summed E-state index contributed by atoms with van der Waals surface area (Å²) in [6.07, 6.45) is -1.97. The van der Waals surface area contributed by atoms with Crippen LogP contribution in [0.3, 0.4) is 0 Å². The summed E-state index contributed by atoms with van der Waals surface area (Å²) in [4.78, 5) is 23.5. The second kappa shape index (κ2) is 5.96. The Morgan fingerprint density at radius 1 is 1.62 bits per heavy atom. The van der Waals surface area contributed by atoms with Crippen LogP contribution in [0.1, 0.15) is 5.56 Å². The average Bonchev–Trinajstić information content (AvgIpc) is 2.47. The second-order valence-electron chi connectivity index (χ2n) is 4.50. The van der Waals surface area contributed by atoms with Crippen LogP contribution >= 0.6 is 0 Å². The van der Waals surface area contributed by atoms with Crippen LogP contribution in [0, 0.1) is 5.82 Å². The number of amides is 1. The molecule has 0 bridgehead atoms. The molecule has 0 fully saturated rings. The van der Waals surface area contributed by atoms with Gasteiger partial charge in [-0.3, -0.25) is 4.90 Å². The maximum absolute atomic E-state index is 14.1. The topological polar surface area (TPSA) is 88.1 Å². The Kier molecular flexibility index (Phi) is 4.27. The van der Waals surface area contributed by atoms with Crippen molar-refractivity contribution in [2.75, 3.05) is 30.9 Å². The van der Waals surface area contributed by atoms with Crippen molar-refractivity contribution in [3.05, 3.63) is 23.5 Å². The number of ether oxygens (including phenoxy) is 2. The van der Waals surface area contributed by atoms with Gasteiger partial charge in [0.2, 0.25) is 0 Å². The standard InChI is InChI=1S/C13H15FN2O5/c1-16-11-7(6-21-13(16)19)3-8(4-9(11)14)15-5-10(17)12(18)20-2/h3-4,10,15,17H,5-6H2,1-2H3. The van der Waals surface area contributed by atoms with E-state index in [9.17, 15) is 19.1 Å². The number of nitrogens with one attached hydrogen (secondary N) is 1.